The maximum Gasteiger partial charge on any atom is 0.171 e. The monoisotopic (exact) mass is 338 g/mol. The molecule has 0 aromatic heterocycles. The molecule has 1 saturated carbocycles. The molecule has 2 aromatic rings. The first-order chi connectivity index (χ1) is 11.5. The number of hydrogen-bond donors (Lipinski definition) is 2. The number of hydrogen-bond acceptors (Lipinski definition) is 1. The molecule has 3 rings (SSSR count). The topological polar surface area (TPSA) is 24.1 Å². The van der Waals surface area contributed by atoms with Gasteiger partial charge in [-0.05, 0) is 74.7 Å². The molecule has 1 aliphatic rings. The van der Waals surface area contributed by atoms with Crippen molar-refractivity contribution >= 4 is 23.0 Å². The molecule has 0 aliphatic heterocycles. The first kappa shape index (κ1) is 17.0. The summed E-state index contributed by atoms with van der Waals surface area (Å²) >= 11 is 5.62. The fourth-order valence-electron chi connectivity index (χ4n) is 3.54. The van der Waals surface area contributed by atoms with Crippen molar-refractivity contribution in [1.29, 1.82) is 0 Å². The molecule has 1 aliphatic carbocycles. The number of thiocarbonyl (C=S) groups is 1. The maximum atomic E-state index is 5.62. The van der Waals surface area contributed by atoms with Crippen molar-refractivity contribution in [3.8, 4) is 0 Å². The smallest absolute Gasteiger partial charge is 0.171 e. The van der Waals surface area contributed by atoms with Crippen LogP contribution in [-0.2, 0) is 5.54 Å². The number of anilines is 1. The summed E-state index contributed by atoms with van der Waals surface area (Å²) in [6.07, 6.45) is 4.75. The molecule has 24 heavy (non-hydrogen) atoms. The van der Waals surface area contributed by atoms with E-state index in [4.69, 9.17) is 12.2 Å². The van der Waals surface area contributed by atoms with E-state index < -0.39 is 0 Å². The molecular weight excluding hydrogens is 312 g/mol. The highest BCUT2D eigenvalue weighted by molar-refractivity contribution is 7.80. The Hall–Kier alpha value is -1.87. The fourth-order valence-corrected chi connectivity index (χ4v) is 3.85. The van der Waals surface area contributed by atoms with Gasteiger partial charge in [-0.25, -0.2) is 0 Å². The maximum absolute atomic E-state index is 5.62. The SMILES string of the molecule is Cc1ccc(C2(NC(=S)Nc3ccc(C)c(C)c3)CCCC2)cc1. The summed E-state index contributed by atoms with van der Waals surface area (Å²) < 4.78 is 0. The van der Waals surface area contributed by atoms with Gasteiger partial charge in [0, 0.05) is 5.69 Å². The quantitative estimate of drug-likeness (QED) is 0.736. The van der Waals surface area contributed by atoms with Gasteiger partial charge in [-0.2, -0.15) is 0 Å². The summed E-state index contributed by atoms with van der Waals surface area (Å²) in [5, 5.41) is 7.70. The molecule has 1 fully saturated rings. The molecule has 0 bridgehead atoms. The second-order valence-electron chi connectivity index (χ2n) is 7.03. The molecule has 0 spiro atoms. The molecule has 0 atom stereocenters. The first-order valence-electron chi connectivity index (χ1n) is 8.72. The van der Waals surface area contributed by atoms with Crippen LogP contribution in [0.1, 0.15) is 47.9 Å². The molecule has 0 unspecified atom stereocenters. The van der Waals surface area contributed by atoms with Crippen LogP contribution in [0.4, 0.5) is 5.69 Å². The Labute approximate surface area is 150 Å². The summed E-state index contributed by atoms with van der Waals surface area (Å²) in [6, 6.07) is 15.2. The van der Waals surface area contributed by atoms with Crippen molar-refractivity contribution in [1.82, 2.24) is 5.32 Å². The number of aryl methyl sites for hydroxylation is 3. The Balaban J connectivity index is 1.76. The van der Waals surface area contributed by atoms with E-state index in [0.717, 1.165) is 18.5 Å². The second kappa shape index (κ2) is 6.94. The van der Waals surface area contributed by atoms with E-state index in [1.807, 2.05) is 0 Å². The van der Waals surface area contributed by atoms with E-state index in [1.54, 1.807) is 0 Å². The van der Waals surface area contributed by atoms with Crippen LogP contribution in [0.15, 0.2) is 42.5 Å². The van der Waals surface area contributed by atoms with Crippen molar-refractivity contribution in [3.63, 3.8) is 0 Å². The molecule has 0 heterocycles. The third-order valence-corrected chi connectivity index (χ3v) is 5.38. The third kappa shape index (κ3) is 3.62. The lowest BCUT2D eigenvalue weighted by Crippen LogP contribution is -2.45. The van der Waals surface area contributed by atoms with Gasteiger partial charge >= 0.3 is 0 Å². The Kier molecular flexibility index (Phi) is 4.91. The highest BCUT2D eigenvalue weighted by atomic mass is 32.1. The lowest BCUT2D eigenvalue weighted by molar-refractivity contribution is 0.408. The van der Waals surface area contributed by atoms with Crippen LogP contribution in [0.3, 0.4) is 0 Å². The van der Waals surface area contributed by atoms with Gasteiger partial charge in [0.05, 0.1) is 5.54 Å². The van der Waals surface area contributed by atoms with Gasteiger partial charge in [0.25, 0.3) is 0 Å². The third-order valence-electron chi connectivity index (χ3n) is 5.18. The summed E-state index contributed by atoms with van der Waals surface area (Å²) in [7, 11) is 0. The van der Waals surface area contributed by atoms with Crippen LogP contribution in [0.2, 0.25) is 0 Å². The van der Waals surface area contributed by atoms with E-state index in [9.17, 15) is 0 Å². The predicted molar refractivity (Wildman–Crippen MR) is 107 cm³/mol. The normalized spacial score (nSPS) is 16.0. The minimum absolute atomic E-state index is 0.0302. The molecular formula is C21H26N2S. The van der Waals surface area contributed by atoms with E-state index in [0.29, 0.717) is 5.11 Å². The zero-order chi connectivity index (χ0) is 17.2. The van der Waals surface area contributed by atoms with Crippen molar-refractivity contribution < 1.29 is 0 Å². The van der Waals surface area contributed by atoms with E-state index in [-0.39, 0.29) is 5.54 Å². The highest BCUT2D eigenvalue weighted by Gasteiger charge is 2.36. The van der Waals surface area contributed by atoms with Gasteiger partial charge in [0.15, 0.2) is 5.11 Å². The van der Waals surface area contributed by atoms with Gasteiger partial charge in [-0.3, -0.25) is 0 Å². The van der Waals surface area contributed by atoms with Crippen LogP contribution < -0.4 is 10.6 Å². The lowest BCUT2D eigenvalue weighted by atomic mass is 9.88. The zero-order valence-electron chi connectivity index (χ0n) is 14.8. The second-order valence-corrected chi connectivity index (χ2v) is 7.44. The Morgan fingerprint density at radius 1 is 0.917 bits per heavy atom. The van der Waals surface area contributed by atoms with Crippen molar-refractivity contribution in [2.24, 2.45) is 0 Å². The molecule has 0 amide bonds. The predicted octanol–water partition coefficient (Wildman–Crippen LogP) is 5.37. The molecule has 0 saturated heterocycles. The van der Waals surface area contributed by atoms with Gasteiger partial charge < -0.3 is 10.6 Å². The molecule has 3 heteroatoms. The van der Waals surface area contributed by atoms with Gasteiger partial charge in [0.2, 0.25) is 0 Å². The number of rotatable bonds is 3. The summed E-state index contributed by atoms with van der Waals surface area (Å²) in [4.78, 5) is 0. The Bertz CT molecular complexity index is 728. The van der Waals surface area contributed by atoms with E-state index >= 15 is 0 Å². The summed E-state index contributed by atoms with van der Waals surface area (Å²) in [5.74, 6) is 0. The van der Waals surface area contributed by atoms with Crippen LogP contribution in [0.25, 0.3) is 0 Å². The van der Waals surface area contributed by atoms with Crippen LogP contribution in [-0.4, -0.2) is 5.11 Å². The van der Waals surface area contributed by atoms with Crippen molar-refractivity contribution in [3.05, 3.63) is 64.7 Å². The van der Waals surface area contributed by atoms with Crippen molar-refractivity contribution in [2.75, 3.05) is 5.32 Å². The summed E-state index contributed by atoms with van der Waals surface area (Å²) in [6.45, 7) is 6.38. The molecule has 2 nitrogen and oxygen atoms in total. The van der Waals surface area contributed by atoms with E-state index in [1.165, 1.54) is 35.1 Å². The van der Waals surface area contributed by atoms with Crippen LogP contribution in [0.5, 0.6) is 0 Å². The van der Waals surface area contributed by atoms with Gasteiger partial charge in [-0.15, -0.1) is 0 Å². The average Bonchev–Trinajstić information content (AvgIpc) is 3.01. The van der Waals surface area contributed by atoms with Gasteiger partial charge in [0.1, 0.15) is 0 Å². The number of benzene rings is 2. The average molecular weight is 339 g/mol. The van der Waals surface area contributed by atoms with Crippen LogP contribution >= 0.6 is 12.2 Å². The molecule has 0 radical (unpaired) electrons. The minimum Gasteiger partial charge on any atom is -0.353 e. The fraction of sp³-hybridized carbons (Fsp3) is 0.381. The minimum atomic E-state index is -0.0302. The Morgan fingerprint density at radius 3 is 2.21 bits per heavy atom. The largest absolute Gasteiger partial charge is 0.353 e. The Morgan fingerprint density at radius 2 is 1.58 bits per heavy atom. The van der Waals surface area contributed by atoms with Crippen molar-refractivity contribution in [2.45, 2.75) is 52.0 Å². The summed E-state index contributed by atoms with van der Waals surface area (Å²) in [5.41, 5.74) is 6.23. The first-order valence-corrected chi connectivity index (χ1v) is 9.13. The molecule has 126 valence electrons. The zero-order valence-corrected chi connectivity index (χ0v) is 15.6. The van der Waals surface area contributed by atoms with Crippen LogP contribution in [0, 0.1) is 20.8 Å². The lowest BCUT2D eigenvalue weighted by Gasteiger charge is -2.32. The highest BCUT2D eigenvalue weighted by Crippen LogP contribution is 2.38. The number of nitrogens with one attached hydrogen (secondary N) is 2. The standard InChI is InChI=1S/C21H26N2S/c1-15-6-9-18(10-7-15)21(12-4-5-13-21)23-20(24)22-19-11-8-16(2)17(3)14-19/h6-11,14H,4-5,12-13H2,1-3H3,(H2,22,23,24). The molecule has 2 aromatic carbocycles. The van der Waals surface area contributed by atoms with Gasteiger partial charge in [-0.1, -0.05) is 48.7 Å². The van der Waals surface area contributed by atoms with E-state index in [2.05, 4.69) is 73.9 Å². The molecule has 2 N–H and O–H groups in total.